The summed E-state index contributed by atoms with van der Waals surface area (Å²) >= 11 is 2.94. The first-order valence-corrected chi connectivity index (χ1v) is 11.5. The van der Waals surface area contributed by atoms with E-state index in [1.807, 2.05) is 4.72 Å². The van der Waals surface area contributed by atoms with Crippen molar-refractivity contribution in [2.75, 3.05) is 16.1 Å². The molecule has 0 unspecified atom stereocenters. The Bertz CT molecular complexity index is 831. The molecule has 0 aliphatic heterocycles. The van der Waals surface area contributed by atoms with E-state index >= 15 is 0 Å². The fourth-order valence-electron chi connectivity index (χ4n) is 1.25. The molecule has 0 saturated carbocycles. The molecule has 0 fully saturated rings. The van der Waals surface area contributed by atoms with Crippen LogP contribution in [0.15, 0.2) is 27.6 Å². The Morgan fingerprint density at radius 1 is 1.15 bits per heavy atom. The Hall–Kier alpha value is -0.360. The van der Waals surface area contributed by atoms with Gasteiger partial charge in [0.05, 0.1) is 4.90 Å². The maximum atomic E-state index is 11.6. The molecule has 0 spiro atoms. The van der Waals surface area contributed by atoms with E-state index in [2.05, 4.69) is 15.9 Å². The Morgan fingerprint density at radius 2 is 1.70 bits per heavy atom. The molecule has 7 nitrogen and oxygen atoms in total. The van der Waals surface area contributed by atoms with E-state index in [0.717, 1.165) is 24.5 Å². The summed E-state index contributed by atoms with van der Waals surface area (Å²) < 4.78 is 69.4. The fraction of sp³-hybridized carbons (Fsp3) is 0.250. The number of sulfonamides is 1. The number of rotatable bonds is 5. The molecule has 0 aliphatic carbocycles. The average molecular weight is 427 g/mol. The molecule has 0 atom stereocenters. The van der Waals surface area contributed by atoms with E-state index in [4.69, 9.17) is 10.7 Å². The third-order valence-electron chi connectivity index (χ3n) is 1.84. The molecule has 12 heteroatoms. The van der Waals surface area contributed by atoms with Gasteiger partial charge in [-0.15, -0.1) is 0 Å². The third-order valence-corrected chi connectivity index (χ3v) is 7.64. The van der Waals surface area contributed by atoms with Crippen molar-refractivity contribution in [1.82, 2.24) is 0 Å². The number of anilines is 1. The first-order valence-electron chi connectivity index (χ1n) is 4.73. The van der Waals surface area contributed by atoms with Crippen LogP contribution in [-0.4, -0.2) is 36.6 Å². The lowest BCUT2D eigenvalue weighted by Crippen LogP contribution is -2.22. The van der Waals surface area contributed by atoms with Crippen LogP contribution in [0.5, 0.6) is 0 Å². The van der Waals surface area contributed by atoms with Gasteiger partial charge in [-0.2, -0.15) is 0 Å². The SMILES string of the molecule is CS(=O)(=O)CS(=O)(=O)Nc1ccc(S(=O)(=O)Cl)c(Br)c1. The Balaban J connectivity index is 3.11. The molecule has 1 N–H and O–H groups in total. The third kappa shape index (κ3) is 5.56. The summed E-state index contributed by atoms with van der Waals surface area (Å²) in [7, 11) is -6.63. The molecule has 0 bridgehead atoms. The van der Waals surface area contributed by atoms with Crippen LogP contribution >= 0.6 is 26.6 Å². The van der Waals surface area contributed by atoms with Crippen LogP contribution in [-0.2, 0) is 28.9 Å². The van der Waals surface area contributed by atoms with Crippen LogP contribution in [0.25, 0.3) is 0 Å². The molecule has 0 amide bonds. The van der Waals surface area contributed by atoms with Gasteiger partial charge in [-0.3, -0.25) is 4.72 Å². The van der Waals surface area contributed by atoms with Crippen molar-refractivity contribution in [3.8, 4) is 0 Å². The summed E-state index contributed by atoms with van der Waals surface area (Å²) in [5, 5.41) is -1.08. The van der Waals surface area contributed by atoms with Gasteiger partial charge in [0.2, 0.25) is 10.0 Å². The lowest BCUT2D eigenvalue weighted by molar-refractivity contribution is 0.594. The lowest BCUT2D eigenvalue weighted by Gasteiger charge is -2.08. The molecule has 0 radical (unpaired) electrons. The van der Waals surface area contributed by atoms with E-state index in [-0.39, 0.29) is 15.1 Å². The molecule has 20 heavy (non-hydrogen) atoms. The van der Waals surface area contributed by atoms with Crippen LogP contribution in [0.1, 0.15) is 0 Å². The van der Waals surface area contributed by atoms with E-state index in [0.29, 0.717) is 0 Å². The highest BCUT2D eigenvalue weighted by atomic mass is 79.9. The minimum atomic E-state index is -4.10. The number of halogens is 2. The highest BCUT2D eigenvalue weighted by molar-refractivity contribution is 9.10. The van der Waals surface area contributed by atoms with Gasteiger partial charge in [-0.1, -0.05) is 0 Å². The zero-order valence-electron chi connectivity index (χ0n) is 9.87. The molecule has 1 aromatic rings. The maximum Gasteiger partial charge on any atom is 0.262 e. The summed E-state index contributed by atoms with van der Waals surface area (Å²) in [4.78, 5) is -0.231. The molecular formula is C8H9BrClNO6S3. The monoisotopic (exact) mass is 425 g/mol. The zero-order chi connectivity index (χ0) is 15.8. The topological polar surface area (TPSA) is 114 Å². The second-order valence-electron chi connectivity index (χ2n) is 3.84. The molecule has 1 rings (SSSR count). The van der Waals surface area contributed by atoms with Crippen LogP contribution in [0, 0.1) is 0 Å². The highest BCUT2D eigenvalue weighted by Crippen LogP contribution is 2.28. The van der Waals surface area contributed by atoms with Crippen molar-refractivity contribution >= 4 is 61.2 Å². The van der Waals surface area contributed by atoms with Crippen molar-refractivity contribution in [2.24, 2.45) is 0 Å². The van der Waals surface area contributed by atoms with Crippen LogP contribution in [0.3, 0.4) is 0 Å². The minimum absolute atomic E-state index is 0.00425. The van der Waals surface area contributed by atoms with Gasteiger partial charge >= 0.3 is 0 Å². The van der Waals surface area contributed by atoms with Gasteiger partial charge in [0.25, 0.3) is 9.05 Å². The smallest absolute Gasteiger partial charge is 0.262 e. The highest BCUT2D eigenvalue weighted by Gasteiger charge is 2.20. The van der Waals surface area contributed by atoms with Gasteiger partial charge in [0.1, 0.15) is 0 Å². The normalized spacial score (nSPS) is 13.2. The zero-order valence-corrected chi connectivity index (χ0v) is 14.7. The number of nitrogens with one attached hydrogen (secondary N) is 1. The van der Waals surface area contributed by atoms with Crippen LogP contribution < -0.4 is 4.72 Å². The Labute approximate surface area is 129 Å². The largest absolute Gasteiger partial charge is 0.283 e. The molecule has 114 valence electrons. The van der Waals surface area contributed by atoms with Crippen molar-refractivity contribution in [1.29, 1.82) is 0 Å². The quantitative estimate of drug-likeness (QED) is 0.706. The predicted octanol–water partition coefficient (Wildman–Crippen LogP) is 1.12. The molecule has 0 aromatic heterocycles. The molecule has 0 heterocycles. The van der Waals surface area contributed by atoms with E-state index in [9.17, 15) is 25.3 Å². The van der Waals surface area contributed by atoms with E-state index in [1.54, 1.807) is 0 Å². The van der Waals surface area contributed by atoms with Crippen LogP contribution in [0.4, 0.5) is 5.69 Å². The fourth-order valence-corrected chi connectivity index (χ4v) is 6.45. The molecule has 0 saturated heterocycles. The Kier molecular flexibility index (Phi) is 5.12. The summed E-state index contributed by atoms with van der Waals surface area (Å²) in [5.41, 5.74) is 0.00425. The van der Waals surface area contributed by atoms with Gasteiger partial charge in [0.15, 0.2) is 14.9 Å². The van der Waals surface area contributed by atoms with Gasteiger partial charge in [-0.25, -0.2) is 25.3 Å². The summed E-state index contributed by atoms with van der Waals surface area (Å²) in [6, 6.07) is 3.40. The standard InChI is InChI=1S/C8H9BrClNO6S3/c1-18(12,13)5-19(14,15)11-6-2-3-8(7(9)4-6)20(10,16)17/h2-4,11H,5H2,1H3. The van der Waals surface area contributed by atoms with Gasteiger partial charge in [0, 0.05) is 27.1 Å². The van der Waals surface area contributed by atoms with Crippen LogP contribution in [0.2, 0.25) is 0 Å². The van der Waals surface area contributed by atoms with Crippen molar-refractivity contribution < 1.29 is 25.3 Å². The number of benzene rings is 1. The summed E-state index contributed by atoms with van der Waals surface area (Å²) in [6.07, 6.45) is 0.783. The average Bonchev–Trinajstić information content (AvgIpc) is 2.09. The molecular weight excluding hydrogens is 418 g/mol. The molecule has 0 aliphatic rings. The van der Waals surface area contributed by atoms with E-state index in [1.165, 1.54) is 0 Å². The first kappa shape index (κ1) is 17.7. The predicted molar refractivity (Wildman–Crippen MR) is 79.4 cm³/mol. The maximum absolute atomic E-state index is 11.6. The summed E-state index contributed by atoms with van der Waals surface area (Å²) in [6.45, 7) is 0. The summed E-state index contributed by atoms with van der Waals surface area (Å²) in [5.74, 6) is 0. The van der Waals surface area contributed by atoms with Crippen molar-refractivity contribution in [2.45, 2.75) is 4.90 Å². The number of hydrogen-bond donors (Lipinski definition) is 1. The van der Waals surface area contributed by atoms with Gasteiger partial charge in [-0.05, 0) is 34.1 Å². The first-order chi connectivity index (χ1) is 8.80. The van der Waals surface area contributed by atoms with Crippen molar-refractivity contribution in [3.05, 3.63) is 22.7 Å². The molecule has 1 aromatic carbocycles. The second-order valence-corrected chi connectivity index (χ2v) is 11.5. The lowest BCUT2D eigenvalue weighted by atomic mass is 10.3. The number of hydrogen-bond acceptors (Lipinski definition) is 6. The van der Waals surface area contributed by atoms with Crippen molar-refractivity contribution in [3.63, 3.8) is 0 Å². The minimum Gasteiger partial charge on any atom is -0.283 e. The van der Waals surface area contributed by atoms with Gasteiger partial charge < -0.3 is 0 Å². The number of sulfone groups is 1. The Morgan fingerprint density at radius 3 is 2.10 bits per heavy atom. The van der Waals surface area contributed by atoms with E-state index < -0.39 is 34.0 Å². The second kappa shape index (κ2) is 5.79.